The van der Waals surface area contributed by atoms with Gasteiger partial charge in [0, 0.05) is 25.0 Å². The van der Waals surface area contributed by atoms with Crippen molar-refractivity contribution in [2.75, 3.05) is 26.1 Å². The van der Waals surface area contributed by atoms with Crippen LogP contribution in [0.1, 0.15) is 32.3 Å². The Morgan fingerprint density at radius 2 is 1.74 bits per heavy atom. The Morgan fingerprint density at radius 3 is 2.21 bits per heavy atom. The number of nitrogens with zero attached hydrogens (tertiary/aromatic N) is 1. The molecule has 0 amide bonds. The van der Waals surface area contributed by atoms with Gasteiger partial charge >= 0.3 is 0 Å². The van der Waals surface area contributed by atoms with Gasteiger partial charge in [-0.25, -0.2) is 0 Å². The predicted molar refractivity (Wildman–Crippen MR) is 83.4 cm³/mol. The molecule has 0 heterocycles. The van der Waals surface area contributed by atoms with E-state index >= 15 is 0 Å². The van der Waals surface area contributed by atoms with Gasteiger partial charge < -0.3 is 4.74 Å². The summed E-state index contributed by atoms with van der Waals surface area (Å²) in [6, 6.07) is 8.99. The third-order valence-electron chi connectivity index (χ3n) is 3.68. The molecule has 0 spiro atoms. The van der Waals surface area contributed by atoms with Crippen LogP contribution in [-0.2, 0) is 6.42 Å². The first-order chi connectivity index (χ1) is 9.24. The SMILES string of the molecule is CCC(CC)N(CCCl)CCc1ccc(OC)cc1. The van der Waals surface area contributed by atoms with Crippen molar-refractivity contribution < 1.29 is 4.74 Å². The summed E-state index contributed by atoms with van der Waals surface area (Å²) < 4.78 is 5.18. The number of benzene rings is 1. The number of alkyl halides is 1. The Kier molecular flexibility index (Phi) is 7.92. The highest BCUT2D eigenvalue weighted by Crippen LogP contribution is 2.14. The maximum Gasteiger partial charge on any atom is 0.118 e. The van der Waals surface area contributed by atoms with Gasteiger partial charge in [0.15, 0.2) is 0 Å². The lowest BCUT2D eigenvalue weighted by Gasteiger charge is -2.29. The fraction of sp³-hybridized carbons (Fsp3) is 0.625. The molecule has 0 aliphatic carbocycles. The molecule has 0 fully saturated rings. The molecule has 0 N–H and O–H groups in total. The van der Waals surface area contributed by atoms with E-state index in [0.717, 1.165) is 25.3 Å². The molecule has 0 aromatic heterocycles. The summed E-state index contributed by atoms with van der Waals surface area (Å²) in [4.78, 5) is 2.51. The Labute approximate surface area is 122 Å². The molecule has 0 atom stereocenters. The molecular weight excluding hydrogens is 258 g/mol. The largest absolute Gasteiger partial charge is 0.497 e. The van der Waals surface area contributed by atoms with E-state index in [9.17, 15) is 0 Å². The van der Waals surface area contributed by atoms with E-state index in [1.165, 1.54) is 18.4 Å². The fourth-order valence-electron chi connectivity index (χ4n) is 2.46. The molecule has 0 saturated carbocycles. The summed E-state index contributed by atoms with van der Waals surface area (Å²) in [5, 5.41) is 0. The standard InChI is InChI=1S/C16H26ClNO/c1-4-15(5-2)18(13-11-17)12-10-14-6-8-16(19-3)9-7-14/h6-9,15H,4-5,10-13H2,1-3H3. The van der Waals surface area contributed by atoms with Gasteiger partial charge in [-0.05, 0) is 37.0 Å². The molecular formula is C16H26ClNO. The van der Waals surface area contributed by atoms with Crippen LogP contribution < -0.4 is 4.74 Å². The van der Waals surface area contributed by atoms with Crippen LogP contribution in [0.2, 0.25) is 0 Å². The molecule has 0 bridgehead atoms. The van der Waals surface area contributed by atoms with Gasteiger partial charge in [0.2, 0.25) is 0 Å². The van der Waals surface area contributed by atoms with Gasteiger partial charge in [-0.3, -0.25) is 4.90 Å². The molecule has 1 aromatic rings. The van der Waals surface area contributed by atoms with Crippen molar-refractivity contribution in [1.29, 1.82) is 0 Å². The van der Waals surface area contributed by atoms with E-state index < -0.39 is 0 Å². The van der Waals surface area contributed by atoms with Crippen molar-refractivity contribution in [2.45, 2.75) is 39.2 Å². The molecule has 2 nitrogen and oxygen atoms in total. The van der Waals surface area contributed by atoms with Crippen molar-refractivity contribution in [1.82, 2.24) is 4.90 Å². The Hall–Kier alpha value is -0.730. The van der Waals surface area contributed by atoms with E-state index in [1.54, 1.807) is 7.11 Å². The van der Waals surface area contributed by atoms with Crippen LogP contribution in [-0.4, -0.2) is 37.0 Å². The average molecular weight is 284 g/mol. The summed E-state index contributed by atoms with van der Waals surface area (Å²) in [6.07, 6.45) is 3.45. The van der Waals surface area contributed by atoms with Crippen molar-refractivity contribution in [3.8, 4) is 5.75 Å². The minimum absolute atomic E-state index is 0.650. The predicted octanol–water partition coefficient (Wildman–Crippen LogP) is 3.97. The van der Waals surface area contributed by atoms with Crippen LogP contribution in [0.5, 0.6) is 5.75 Å². The van der Waals surface area contributed by atoms with Gasteiger partial charge in [-0.2, -0.15) is 0 Å². The van der Waals surface area contributed by atoms with Gasteiger partial charge in [0.25, 0.3) is 0 Å². The van der Waals surface area contributed by atoms with Gasteiger partial charge in [0.05, 0.1) is 7.11 Å². The highest BCUT2D eigenvalue weighted by molar-refractivity contribution is 6.18. The van der Waals surface area contributed by atoms with E-state index in [2.05, 4.69) is 30.9 Å². The second kappa shape index (κ2) is 9.22. The molecule has 1 rings (SSSR count). The summed E-state index contributed by atoms with van der Waals surface area (Å²) >= 11 is 5.92. The first-order valence-electron chi connectivity index (χ1n) is 7.18. The lowest BCUT2D eigenvalue weighted by molar-refractivity contribution is 0.199. The Morgan fingerprint density at radius 1 is 1.11 bits per heavy atom. The molecule has 0 saturated heterocycles. The second-order valence-electron chi connectivity index (χ2n) is 4.79. The Balaban J connectivity index is 2.54. The highest BCUT2D eigenvalue weighted by atomic mass is 35.5. The van der Waals surface area contributed by atoms with Gasteiger partial charge in [-0.15, -0.1) is 11.6 Å². The topological polar surface area (TPSA) is 12.5 Å². The molecule has 3 heteroatoms. The molecule has 0 aliphatic rings. The number of hydrogen-bond donors (Lipinski definition) is 0. The molecule has 0 radical (unpaired) electrons. The van der Waals surface area contributed by atoms with Crippen molar-refractivity contribution in [3.05, 3.63) is 29.8 Å². The monoisotopic (exact) mass is 283 g/mol. The molecule has 1 aromatic carbocycles. The van der Waals surface area contributed by atoms with E-state index in [4.69, 9.17) is 16.3 Å². The third-order valence-corrected chi connectivity index (χ3v) is 3.85. The maximum atomic E-state index is 5.92. The van der Waals surface area contributed by atoms with Gasteiger partial charge in [-0.1, -0.05) is 26.0 Å². The quantitative estimate of drug-likeness (QED) is 0.636. The van der Waals surface area contributed by atoms with Crippen LogP contribution in [0.4, 0.5) is 0 Å². The van der Waals surface area contributed by atoms with E-state index in [-0.39, 0.29) is 0 Å². The van der Waals surface area contributed by atoms with Crippen molar-refractivity contribution in [3.63, 3.8) is 0 Å². The van der Waals surface area contributed by atoms with Gasteiger partial charge in [0.1, 0.15) is 5.75 Å². The Bertz CT molecular complexity index is 335. The lowest BCUT2D eigenvalue weighted by Crippen LogP contribution is -2.37. The minimum Gasteiger partial charge on any atom is -0.497 e. The molecule has 0 unspecified atom stereocenters. The highest BCUT2D eigenvalue weighted by Gasteiger charge is 2.14. The van der Waals surface area contributed by atoms with Crippen LogP contribution >= 0.6 is 11.6 Å². The first kappa shape index (κ1) is 16.3. The lowest BCUT2D eigenvalue weighted by atomic mass is 10.1. The number of halogens is 1. The van der Waals surface area contributed by atoms with Crippen LogP contribution in [0, 0.1) is 0 Å². The zero-order chi connectivity index (χ0) is 14.1. The zero-order valence-electron chi connectivity index (χ0n) is 12.4. The van der Waals surface area contributed by atoms with Crippen molar-refractivity contribution >= 4 is 11.6 Å². The van der Waals surface area contributed by atoms with Crippen LogP contribution in [0.25, 0.3) is 0 Å². The maximum absolute atomic E-state index is 5.92. The average Bonchev–Trinajstić information content (AvgIpc) is 2.46. The fourth-order valence-corrected chi connectivity index (χ4v) is 2.67. The van der Waals surface area contributed by atoms with E-state index in [1.807, 2.05) is 12.1 Å². The summed E-state index contributed by atoms with van der Waals surface area (Å²) in [5.74, 6) is 1.63. The minimum atomic E-state index is 0.650. The summed E-state index contributed by atoms with van der Waals surface area (Å²) in [6.45, 7) is 6.56. The number of hydrogen-bond acceptors (Lipinski definition) is 2. The molecule has 0 aliphatic heterocycles. The normalized spacial score (nSPS) is 11.3. The third kappa shape index (κ3) is 5.42. The van der Waals surface area contributed by atoms with E-state index in [0.29, 0.717) is 11.9 Å². The smallest absolute Gasteiger partial charge is 0.118 e. The molecule has 108 valence electrons. The molecule has 19 heavy (non-hydrogen) atoms. The summed E-state index contributed by atoms with van der Waals surface area (Å²) in [5.41, 5.74) is 1.35. The summed E-state index contributed by atoms with van der Waals surface area (Å²) in [7, 11) is 1.70. The number of ether oxygens (including phenoxy) is 1. The second-order valence-corrected chi connectivity index (χ2v) is 5.17. The van der Waals surface area contributed by atoms with Crippen LogP contribution in [0.3, 0.4) is 0 Å². The van der Waals surface area contributed by atoms with Crippen LogP contribution in [0.15, 0.2) is 24.3 Å². The number of methoxy groups -OCH3 is 1. The van der Waals surface area contributed by atoms with Crippen molar-refractivity contribution in [2.24, 2.45) is 0 Å². The number of rotatable bonds is 9. The first-order valence-corrected chi connectivity index (χ1v) is 7.71. The zero-order valence-corrected chi connectivity index (χ0v) is 13.1.